The molecular weight excluding hydrogens is 425 g/mol. The molecule has 0 saturated carbocycles. The smallest absolute Gasteiger partial charge is 0.283 e. The van der Waals surface area contributed by atoms with E-state index in [1.807, 2.05) is 12.1 Å². The highest BCUT2D eigenvalue weighted by Gasteiger charge is 2.15. The average molecular weight is 438 g/mol. The van der Waals surface area contributed by atoms with Gasteiger partial charge in [0.25, 0.3) is 5.56 Å². The third kappa shape index (κ3) is 3.80. The first-order valence-electron chi connectivity index (χ1n) is 9.18. The van der Waals surface area contributed by atoms with Crippen LogP contribution in [-0.4, -0.2) is 34.7 Å². The molecule has 0 amide bonds. The number of hydrogen-bond donors (Lipinski definition) is 0. The van der Waals surface area contributed by atoms with Crippen molar-refractivity contribution in [2.24, 2.45) is 0 Å². The summed E-state index contributed by atoms with van der Waals surface area (Å²) in [7, 11) is 0. The predicted octanol–water partition coefficient (Wildman–Crippen LogP) is 2.93. The number of rotatable bonds is 5. The van der Waals surface area contributed by atoms with Gasteiger partial charge in [0.1, 0.15) is 18.7 Å². The maximum atomic E-state index is 13.1. The van der Waals surface area contributed by atoms with Gasteiger partial charge in [0.15, 0.2) is 11.2 Å². The molecule has 3 aromatic heterocycles. The highest BCUT2D eigenvalue weighted by molar-refractivity contribution is 6.30. The van der Waals surface area contributed by atoms with E-state index in [1.54, 1.807) is 28.9 Å². The number of hydrogen-bond acceptors (Lipinski definition) is 7. The van der Waals surface area contributed by atoms with Gasteiger partial charge in [0.2, 0.25) is 11.7 Å². The Morgan fingerprint density at radius 1 is 1.03 bits per heavy atom. The molecule has 31 heavy (non-hydrogen) atoms. The van der Waals surface area contributed by atoms with Crippen LogP contribution in [0.1, 0.15) is 11.5 Å². The highest BCUT2D eigenvalue weighted by atomic mass is 35.5. The molecule has 5 aromatic rings. The molecule has 0 aliphatic carbocycles. The fraction of sp³-hybridized carbons (Fsp3) is 0.100. The van der Waals surface area contributed by atoms with Crippen molar-refractivity contribution in [1.82, 2.24) is 34.7 Å². The summed E-state index contributed by atoms with van der Waals surface area (Å²) in [4.78, 5) is 21.4. The van der Waals surface area contributed by atoms with Crippen molar-refractivity contribution in [2.75, 3.05) is 0 Å². The lowest BCUT2D eigenvalue weighted by Gasteiger charge is -2.03. The Morgan fingerprint density at radius 3 is 2.58 bits per heavy atom. The topological polar surface area (TPSA) is 105 Å². The summed E-state index contributed by atoms with van der Waals surface area (Å²) in [6, 6.07) is 13.0. The molecule has 0 fully saturated rings. The van der Waals surface area contributed by atoms with E-state index in [0.717, 1.165) is 5.56 Å². The summed E-state index contributed by atoms with van der Waals surface area (Å²) in [6.45, 7) is 0.412. The summed E-state index contributed by atoms with van der Waals surface area (Å²) >= 11 is 5.91. The Labute approximate surface area is 178 Å². The highest BCUT2D eigenvalue weighted by Crippen LogP contribution is 2.16. The van der Waals surface area contributed by atoms with E-state index in [1.165, 1.54) is 23.0 Å². The molecule has 11 heteroatoms. The first-order valence-corrected chi connectivity index (χ1v) is 9.56. The van der Waals surface area contributed by atoms with Gasteiger partial charge >= 0.3 is 0 Å². The maximum absolute atomic E-state index is 13.1. The predicted molar refractivity (Wildman–Crippen MR) is 109 cm³/mol. The zero-order valence-corrected chi connectivity index (χ0v) is 16.6. The van der Waals surface area contributed by atoms with E-state index in [4.69, 9.17) is 16.1 Å². The molecule has 0 bridgehead atoms. The summed E-state index contributed by atoms with van der Waals surface area (Å²) in [5.41, 5.74) is 1.67. The summed E-state index contributed by atoms with van der Waals surface area (Å²) in [5.74, 6) is 0.143. The van der Waals surface area contributed by atoms with Crippen molar-refractivity contribution >= 4 is 22.8 Å². The summed E-state index contributed by atoms with van der Waals surface area (Å²) < 4.78 is 21.2. The molecule has 3 heterocycles. The van der Waals surface area contributed by atoms with Crippen LogP contribution in [-0.2, 0) is 13.1 Å². The molecule has 0 aliphatic rings. The summed E-state index contributed by atoms with van der Waals surface area (Å²) in [6.07, 6.45) is 1.38. The lowest BCUT2D eigenvalue weighted by atomic mass is 10.2. The number of benzene rings is 2. The fourth-order valence-electron chi connectivity index (χ4n) is 3.05. The largest absolute Gasteiger partial charge is 0.337 e. The van der Waals surface area contributed by atoms with Gasteiger partial charge in [0, 0.05) is 10.6 Å². The molecule has 0 atom stereocenters. The fourth-order valence-corrected chi connectivity index (χ4v) is 3.18. The lowest BCUT2D eigenvalue weighted by molar-refractivity contribution is 0.369. The minimum absolute atomic E-state index is 0.0139. The molecule has 5 rings (SSSR count). The standard InChI is InChI=1S/C20H13ClFN7O2/c21-14-5-1-12(2-6-14)9-29-19-17(25-27-29)20(30)28(11-23-19)10-16-24-18(26-31-16)13-3-7-15(22)8-4-13/h1-8,11H,9-10H2. The number of aromatic nitrogens is 7. The van der Waals surface area contributed by atoms with Crippen LogP contribution in [0, 0.1) is 5.82 Å². The van der Waals surface area contributed by atoms with E-state index < -0.39 is 0 Å². The van der Waals surface area contributed by atoms with Gasteiger partial charge < -0.3 is 4.52 Å². The molecule has 2 aromatic carbocycles. The minimum atomic E-state index is -0.381. The van der Waals surface area contributed by atoms with Crippen LogP contribution >= 0.6 is 11.6 Å². The number of halogens is 2. The van der Waals surface area contributed by atoms with Gasteiger partial charge in [-0.1, -0.05) is 34.1 Å². The van der Waals surface area contributed by atoms with Crippen LogP contribution in [0.4, 0.5) is 4.39 Å². The van der Waals surface area contributed by atoms with Gasteiger partial charge in [-0.2, -0.15) is 4.98 Å². The molecular formula is C20H13ClFN7O2. The first-order chi connectivity index (χ1) is 15.1. The maximum Gasteiger partial charge on any atom is 0.283 e. The van der Waals surface area contributed by atoms with Crippen LogP contribution in [0.5, 0.6) is 0 Å². The summed E-state index contributed by atoms with van der Waals surface area (Å²) in [5, 5.41) is 12.5. The van der Waals surface area contributed by atoms with E-state index in [-0.39, 0.29) is 29.3 Å². The zero-order chi connectivity index (χ0) is 21.4. The van der Waals surface area contributed by atoms with Crippen molar-refractivity contribution in [2.45, 2.75) is 13.1 Å². The normalized spacial score (nSPS) is 11.3. The second-order valence-corrected chi connectivity index (χ2v) is 7.18. The molecule has 154 valence electrons. The van der Waals surface area contributed by atoms with E-state index in [0.29, 0.717) is 28.6 Å². The van der Waals surface area contributed by atoms with Gasteiger partial charge in [-0.25, -0.2) is 14.1 Å². The van der Waals surface area contributed by atoms with Crippen molar-refractivity contribution in [3.63, 3.8) is 0 Å². The molecule has 0 radical (unpaired) electrons. The van der Waals surface area contributed by atoms with E-state index in [2.05, 4.69) is 25.4 Å². The quantitative estimate of drug-likeness (QED) is 0.416. The molecule has 0 aliphatic heterocycles. The second-order valence-electron chi connectivity index (χ2n) is 6.74. The van der Waals surface area contributed by atoms with Gasteiger partial charge in [-0.05, 0) is 42.0 Å². The van der Waals surface area contributed by atoms with E-state index >= 15 is 0 Å². The van der Waals surface area contributed by atoms with Crippen LogP contribution in [0.3, 0.4) is 0 Å². The van der Waals surface area contributed by atoms with Crippen molar-refractivity contribution in [1.29, 1.82) is 0 Å². The third-order valence-corrected chi connectivity index (χ3v) is 4.87. The number of fused-ring (bicyclic) bond motifs is 1. The van der Waals surface area contributed by atoms with Crippen LogP contribution in [0.2, 0.25) is 5.02 Å². The Hall–Kier alpha value is -3.92. The molecule has 0 spiro atoms. The van der Waals surface area contributed by atoms with Crippen LogP contribution in [0.15, 0.2) is 64.2 Å². The van der Waals surface area contributed by atoms with Gasteiger partial charge in [-0.3, -0.25) is 9.36 Å². The van der Waals surface area contributed by atoms with Crippen molar-refractivity contribution in [3.05, 3.63) is 87.5 Å². The number of nitrogens with zero attached hydrogens (tertiary/aromatic N) is 7. The van der Waals surface area contributed by atoms with Crippen LogP contribution < -0.4 is 5.56 Å². The third-order valence-electron chi connectivity index (χ3n) is 4.61. The second kappa shape index (κ2) is 7.73. The Bertz CT molecular complexity index is 1420. The molecule has 0 N–H and O–H groups in total. The van der Waals surface area contributed by atoms with Crippen molar-refractivity contribution in [3.8, 4) is 11.4 Å². The zero-order valence-electron chi connectivity index (χ0n) is 15.8. The Balaban J connectivity index is 1.40. The van der Waals surface area contributed by atoms with Crippen LogP contribution in [0.25, 0.3) is 22.6 Å². The van der Waals surface area contributed by atoms with Gasteiger partial charge in [-0.15, -0.1) is 5.10 Å². The minimum Gasteiger partial charge on any atom is -0.337 e. The lowest BCUT2D eigenvalue weighted by Crippen LogP contribution is -2.21. The molecule has 0 saturated heterocycles. The van der Waals surface area contributed by atoms with Gasteiger partial charge in [0.05, 0.1) is 6.54 Å². The first kappa shape index (κ1) is 19.1. The SMILES string of the molecule is O=c1c2nnn(Cc3ccc(Cl)cc3)c2ncn1Cc1nc(-c2ccc(F)cc2)no1. The average Bonchev–Trinajstić information content (AvgIpc) is 3.40. The molecule has 9 nitrogen and oxygen atoms in total. The Morgan fingerprint density at radius 2 is 1.81 bits per heavy atom. The molecule has 0 unspecified atom stereocenters. The Kier molecular flexibility index (Phi) is 4.75. The van der Waals surface area contributed by atoms with Crippen molar-refractivity contribution < 1.29 is 8.91 Å². The van der Waals surface area contributed by atoms with E-state index in [9.17, 15) is 9.18 Å². The monoisotopic (exact) mass is 437 g/mol.